The van der Waals surface area contributed by atoms with Gasteiger partial charge in [-0.15, -0.1) is 0 Å². The van der Waals surface area contributed by atoms with E-state index in [-0.39, 0.29) is 29.5 Å². The predicted octanol–water partition coefficient (Wildman–Crippen LogP) is 7.55. The van der Waals surface area contributed by atoms with Gasteiger partial charge in [0.05, 0.1) is 16.7 Å². The normalized spacial score (nSPS) is 10.8. The van der Waals surface area contributed by atoms with Crippen LogP contribution in [-0.2, 0) is 6.61 Å². The largest absolute Gasteiger partial charge is 0.485 e. The van der Waals surface area contributed by atoms with Crippen molar-refractivity contribution < 1.29 is 23.6 Å². The van der Waals surface area contributed by atoms with Crippen molar-refractivity contribution in [2.24, 2.45) is 0 Å². The van der Waals surface area contributed by atoms with Gasteiger partial charge in [-0.3, -0.25) is 14.9 Å². The van der Waals surface area contributed by atoms with Gasteiger partial charge in [0.2, 0.25) is 0 Å². The molecule has 0 radical (unpaired) electrons. The Bertz CT molecular complexity index is 1440. The number of hydrogen-bond acceptors (Lipinski definition) is 6. The number of non-ortho nitro benzene ring substituents is 1. The van der Waals surface area contributed by atoms with Crippen LogP contribution >= 0.6 is 0 Å². The summed E-state index contributed by atoms with van der Waals surface area (Å²) >= 11 is 0. The van der Waals surface area contributed by atoms with Crippen molar-refractivity contribution in [2.45, 2.75) is 40.2 Å². The highest BCUT2D eigenvalue weighted by atomic mass is 16.6. The van der Waals surface area contributed by atoms with Crippen molar-refractivity contribution in [3.8, 4) is 17.2 Å². The first-order chi connectivity index (χ1) is 17.7. The standard InChI is InChI=1S/C29H28N2O6/c1-18(2)26-10-8-20(4)13-28(26)35-17-24-9-11-27(37-24)29(32)30-21-14-22(31(33)34)16-25(15-21)36-23-7-5-6-19(3)12-23/h5-16,18H,17H2,1-4H3,(H,30,32). The molecular formula is C29H28N2O6. The molecule has 8 nitrogen and oxygen atoms in total. The first kappa shape index (κ1) is 25.5. The number of amides is 1. The number of carbonyl (C=O) groups excluding carboxylic acids is 1. The van der Waals surface area contributed by atoms with E-state index in [2.05, 4.69) is 19.2 Å². The summed E-state index contributed by atoms with van der Waals surface area (Å²) < 4.78 is 17.5. The monoisotopic (exact) mass is 500 g/mol. The molecule has 0 aliphatic carbocycles. The fourth-order valence-corrected chi connectivity index (χ4v) is 3.80. The smallest absolute Gasteiger partial charge is 0.291 e. The summed E-state index contributed by atoms with van der Waals surface area (Å²) in [6.45, 7) is 8.26. The van der Waals surface area contributed by atoms with Gasteiger partial charge in [-0.25, -0.2) is 0 Å². The molecule has 1 heterocycles. The zero-order valence-corrected chi connectivity index (χ0v) is 21.1. The zero-order valence-electron chi connectivity index (χ0n) is 21.1. The number of anilines is 1. The molecule has 8 heteroatoms. The third kappa shape index (κ3) is 6.55. The minimum atomic E-state index is -0.549. The summed E-state index contributed by atoms with van der Waals surface area (Å²) in [7, 11) is 0. The summed E-state index contributed by atoms with van der Waals surface area (Å²) in [5, 5.41) is 14.1. The van der Waals surface area contributed by atoms with Gasteiger partial charge in [0, 0.05) is 12.1 Å². The number of nitro benzene ring substituents is 1. The van der Waals surface area contributed by atoms with Crippen LogP contribution in [0.15, 0.2) is 77.2 Å². The molecule has 1 amide bonds. The number of carbonyl (C=O) groups is 1. The van der Waals surface area contributed by atoms with Crippen LogP contribution in [0.1, 0.15) is 52.8 Å². The fraction of sp³-hybridized carbons (Fsp3) is 0.207. The van der Waals surface area contributed by atoms with E-state index < -0.39 is 10.8 Å². The van der Waals surface area contributed by atoms with Crippen molar-refractivity contribution in [3.05, 3.63) is 111 Å². The zero-order chi connectivity index (χ0) is 26.5. The Hall–Kier alpha value is -4.59. The maximum atomic E-state index is 12.8. The minimum absolute atomic E-state index is 0.0552. The summed E-state index contributed by atoms with van der Waals surface area (Å²) in [5.74, 6) is 1.80. The number of benzene rings is 3. The lowest BCUT2D eigenvalue weighted by molar-refractivity contribution is -0.384. The van der Waals surface area contributed by atoms with E-state index in [1.807, 2.05) is 50.2 Å². The third-order valence-electron chi connectivity index (χ3n) is 5.63. The average Bonchev–Trinajstić information content (AvgIpc) is 3.32. The molecule has 1 N–H and O–H groups in total. The van der Waals surface area contributed by atoms with E-state index in [0.29, 0.717) is 17.4 Å². The minimum Gasteiger partial charge on any atom is -0.485 e. The van der Waals surface area contributed by atoms with Crippen LogP contribution in [-0.4, -0.2) is 10.8 Å². The van der Waals surface area contributed by atoms with E-state index in [4.69, 9.17) is 13.9 Å². The van der Waals surface area contributed by atoms with Crippen molar-refractivity contribution in [3.63, 3.8) is 0 Å². The Labute approximate surface area is 215 Å². The van der Waals surface area contributed by atoms with Gasteiger partial charge < -0.3 is 19.2 Å². The topological polar surface area (TPSA) is 104 Å². The maximum absolute atomic E-state index is 12.8. The van der Waals surface area contributed by atoms with Gasteiger partial charge in [-0.05, 0) is 66.8 Å². The van der Waals surface area contributed by atoms with E-state index in [0.717, 1.165) is 22.4 Å². The Balaban J connectivity index is 1.47. The lowest BCUT2D eigenvalue weighted by Gasteiger charge is -2.14. The highest BCUT2D eigenvalue weighted by Gasteiger charge is 2.17. The third-order valence-corrected chi connectivity index (χ3v) is 5.63. The van der Waals surface area contributed by atoms with Gasteiger partial charge in [-0.1, -0.05) is 38.1 Å². The number of aryl methyl sites for hydroxylation is 2. The van der Waals surface area contributed by atoms with Crippen LogP contribution in [0.25, 0.3) is 0 Å². The maximum Gasteiger partial charge on any atom is 0.291 e. The molecule has 0 aliphatic heterocycles. The average molecular weight is 501 g/mol. The SMILES string of the molecule is Cc1cccc(Oc2cc(NC(=O)c3ccc(COc4cc(C)ccc4C(C)C)o3)cc([N+](=O)[O-])c2)c1. The lowest BCUT2D eigenvalue weighted by Crippen LogP contribution is -2.11. The molecular weight excluding hydrogens is 472 g/mol. The number of nitrogens with zero attached hydrogens (tertiary/aromatic N) is 1. The lowest BCUT2D eigenvalue weighted by atomic mass is 10.0. The second-order valence-electron chi connectivity index (χ2n) is 9.10. The molecule has 190 valence electrons. The van der Waals surface area contributed by atoms with Gasteiger partial charge in [0.15, 0.2) is 5.76 Å². The number of nitrogens with one attached hydrogen (secondary N) is 1. The molecule has 0 unspecified atom stereocenters. The number of ether oxygens (including phenoxy) is 2. The molecule has 0 spiro atoms. The first-order valence-electron chi connectivity index (χ1n) is 11.9. The number of furan rings is 1. The summed E-state index contributed by atoms with van der Waals surface area (Å²) in [5.41, 5.74) is 3.15. The van der Waals surface area contributed by atoms with Gasteiger partial charge in [0.1, 0.15) is 29.6 Å². The van der Waals surface area contributed by atoms with Crippen LogP contribution in [0.4, 0.5) is 11.4 Å². The van der Waals surface area contributed by atoms with Crippen molar-refractivity contribution in [2.75, 3.05) is 5.32 Å². The van der Waals surface area contributed by atoms with Gasteiger partial charge >= 0.3 is 0 Å². The molecule has 0 atom stereocenters. The predicted molar refractivity (Wildman–Crippen MR) is 141 cm³/mol. The fourth-order valence-electron chi connectivity index (χ4n) is 3.80. The summed E-state index contributed by atoms with van der Waals surface area (Å²) in [6.07, 6.45) is 0. The molecule has 0 saturated carbocycles. The number of rotatable bonds is 9. The van der Waals surface area contributed by atoms with E-state index in [1.54, 1.807) is 12.1 Å². The Morgan fingerprint density at radius 1 is 0.973 bits per heavy atom. The van der Waals surface area contributed by atoms with Crippen LogP contribution < -0.4 is 14.8 Å². The molecule has 3 aromatic carbocycles. The van der Waals surface area contributed by atoms with Crippen molar-refractivity contribution >= 4 is 17.3 Å². The van der Waals surface area contributed by atoms with E-state index in [1.165, 1.54) is 24.3 Å². The first-order valence-corrected chi connectivity index (χ1v) is 11.9. The Morgan fingerprint density at radius 2 is 1.76 bits per heavy atom. The molecule has 0 aliphatic rings. The second kappa shape index (κ2) is 11.0. The van der Waals surface area contributed by atoms with Crippen molar-refractivity contribution in [1.29, 1.82) is 0 Å². The van der Waals surface area contributed by atoms with Crippen molar-refractivity contribution in [1.82, 2.24) is 0 Å². The van der Waals surface area contributed by atoms with Crippen LogP contribution in [0, 0.1) is 24.0 Å². The molecule has 0 bridgehead atoms. The molecule has 0 saturated heterocycles. The van der Waals surface area contributed by atoms with Crippen LogP contribution in [0.3, 0.4) is 0 Å². The molecule has 0 fully saturated rings. The van der Waals surface area contributed by atoms with E-state index >= 15 is 0 Å². The van der Waals surface area contributed by atoms with Crippen LogP contribution in [0.5, 0.6) is 17.2 Å². The molecule has 1 aromatic heterocycles. The Morgan fingerprint density at radius 3 is 2.49 bits per heavy atom. The molecule has 4 aromatic rings. The van der Waals surface area contributed by atoms with Crippen LogP contribution in [0.2, 0.25) is 0 Å². The molecule has 4 rings (SSSR count). The number of hydrogen-bond donors (Lipinski definition) is 1. The quantitative estimate of drug-likeness (QED) is 0.188. The van der Waals surface area contributed by atoms with Gasteiger partial charge in [-0.2, -0.15) is 0 Å². The number of nitro groups is 1. The summed E-state index contributed by atoms with van der Waals surface area (Å²) in [4.78, 5) is 23.7. The highest BCUT2D eigenvalue weighted by molar-refractivity contribution is 6.02. The van der Waals surface area contributed by atoms with E-state index in [9.17, 15) is 14.9 Å². The Kier molecular flexibility index (Phi) is 7.57. The second-order valence-corrected chi connectivity index (χ2v) is 9.10. The highest BCUT2D eigenvalue weighted by Crippen LogP contribution is 2.31. The van der Waals surface area contributed by atoms with Gasteiger partial charge in [0.25, 0.3) is 11.6 Å². The molecule has 37 heavy (non-hydrogen) atoms. The summed E-state index contributed by atoms with van der Waals surface area (Å²) in [6, 6.07) is 20.7.